The van der Waals surface area contributed by atoms with Gasteiger partial charge < -0.3 is 10.5 Å². The average molecular weight is 258 g/mol. The number of hydrogen-bond donors (Lipinski definition) is 1. The zero-order valence-electron chi connectivity index (χ0n) is 11.0. The molecule has 5 nitrogen and oxygen atoms in total. The maximum absolute atomic E-state index is 6.32. The van der Waals surface area contributed by atoms with Crippen molar-refractivity contribution in [2.75, 3.05) is 6.61 Å². The molecule has 0 bridgehead atoms. The molecular weight excluding hydrogens is 240 g/mol. The van der Waals surface area contributed by atoms with E-state index in [4.69, 9.17) is 10.5 Å². The highest BCUT2D eigenvalue weighted by Gasteiger charge is 2.27. The van der Waals surface area contributed by atoms with Crippen molar-refractivity contribution in [3.05, 3.63) is 47.5 Å². The SMILES string of the molecule is Cn1ncnc1CC(N)C1OCCc2ccccc21. The lowest BCUT2D eigenvalue weighted by molar-refractivity contribution is 0.0240. The van der Waals surface area contributed by atoms with Crippen LogP contribution in [0.5, 0.6) is 0 Å². The molecule has 2 atom stereocenters. The predicted octanol–water partition coefficient (Wildman–Crippen LogP) is 0.999. The number of aromatic nitrogens is 3. The standard InChI is InChI=1S/C14H18N4O/c1-18-13(16-9-17-18)8-12(15)14-11-5-3-2-4-10(11)6-7-19-14/h2-5,9,12,14H,6-8,15H2,1H3. The first kappa shape index (κ1) is 12.3. The Hall–Kier alpha value is -1.72. The van der Waals surface area contributed by atoms with Crippen LogP contribution in [0, 0.1) is 0 Å². The van der Waals surface area contributed by atoms with Crippen molar-refractivity contribution in [3.63, 3.8) is 0 Å². The maximum atomic E-state index is 6.32. The number of fused-ring (bicyclic) bond motifs is 1. The third-order valence-corrected chi connectivity index (χ3v) is 3.64. The Kier molecular flexibility index (Phi) is 3.31. The molecule has 2 unspecified atom stereocenters. The summed E-state index contributed by atoms with van der Waals surface area (Å²) in [5.41, 5.74) is 8.87. The highest BCUT2D eigenvalue weighted by molar-refractivity contribution is 5.32. The molecule has 3 rings (SSSR count). The summed E-state index contributed by atoms with van der Waals surface area (Å²) < 4.78 is 7.63. The van der Waals surface area contributed by atoms with E-state index in [1.54, 1.807) is 11.0 Å². The number of benzene rings is 1. The van der Waals surface area contributed by atoms with Gasteiger partial charge in [0.05, 0.1) is 12.7 Å². The first-order valence-corrected chi connectivity index (χ1v) is 6.53. The van der Waals surface area contributed by atoms with Crippen LogP contribution in [0.15, 0.2) is 30.6 Å². The fourth-order valence-corrected chi connectivity index (χ4v) is 2.60. The number of nitrogens with zero attached hydrogens (tertiary/aromatic N) is 3. The Labute approximate surface area is 112 Å². The van der Waals surface area contributed by atoms with Crippen LogP contribution in [0.1, 0.15) is 23.1 Å². The number of rotatable bonds is 3. The topological polar surface area (TPSA) is 66.0 Å². The van der Waals surface area contributed by atoms with Crippen LogP contribution < -0.4 is 5.73 Å². The summed E-state index contributed by atoms with van der Waals surface area (Å²) >= 11 is 0. The molecule has 2 aromatic rings. The van der Waals surface area contributed by atoms with Crippen molar-refractivity contribution in [3.8, 4) is 0 Å². The van der Waals surface area contributed by atoms with Crippen LogP contribution in [0.25, 0.3) is 0 Å². The van der Waals surface area contributed by atoms with Crippen LogP contribution in [0.3, 0.4) is 0 Å². The fourth-order valence-electron chi connectivity index (χ4n) is 2.60. The van der Waals surface area contributed by atoms with E-state index in [0.29, 0.717) is 6.42 Å². The second-order valence-electron chi connectivity index (χ2n) is 4.91. The van der Waals surface area contributed by atoms with Crippen molar-refractivity contribution in [2.24, 2.45) is 12.8 Å². The van der Waals surface area contributed by atoms with Gasteiger partial charge in [-0.3, -0.25) is 4.68 Å². The van der Waals surface area contributed by atoms with Gasteiger partial charge in [0.1, 0.15) is 12.2 Å². The van der Waals surface area contributed by atoms with Gasteiger partial charge >= 0.3 is 0 Å². The lowest BCUT2D eigenvalue weighted by Crippen LogP contribution is -2.36. The van der Waals surface area contributed by atoms with Gasteiger partial charge in [-0.1, -0.05) is 24.3 Å². The summed E-state index contributed by atoms with van der Waals surface area (Å²) in [4.78, 5) is 4.22. The van der Waals surface area contributed by atoms with Gasteiger partial charge in [0.25, 0.3) is 0 Å². The Morgan fingerprint density at radius 2 is 2.32 bits per heavy atom. The average Bonchev–Trinajstić information content (AvgIpc) is 2.83. The Morgan fingerprint density at radius 1 is 1.47 bits per heavy atom. The van der Waals surface area contributed by atoms with Crippen LogP contribution in [-0.2, 0) is 24.6 Å². The summed E-state index contributed by atoms with van der Waals surface area (Å²) in [5, 5.41) is 4.07. The fraction of sp³-hybridized carbons (Fsp3) is 0.429. The normalized spacial score (nSPS) is 20.0. The molecule has 5 heteroatoms. The summed E-state index contributed by atoms with van der Waals surface area (Å²) in [6.45, 7) is 0.730. The molecule has 1 aliphatic rings. The zero-order chi connectivity index (χ0) is 13.2. The lowest BCUT2D eigenvalue weighted by Gasteiger charge is -2.30. The first-order valence-electron chi connectivity index (χ1n) is 6.53. The van der Waals surface area contributed by atoms with Crippen molar-refractivity contribution < 1.29 is 4.74 Å². The molecule has 2 N–H and O–H groups in total. The van der Waals surface area contributed by atoms with Gasteiger partial charge in [-0.2, -0.15) is 5.10 Å². The van der Waals surface area contributed by atoms with E-state index < -0.39 is 0 Å². The molecule has 2 heterocycles. The summed E-state index contributed by atoms with van der Waals surface area (Å²) in [6, 6.07) is 8.25. The first-order chi connectivity index (χ1) is 9.25. The number of ether oxygens (including phenoxy) is 1. The number of nitrogens with two attached hydrogens (primary N) is 1. The van der Waals surface area contributed by atoms with E-state index >= 15 is 0 Å². The molecule has 100 valence electrons. The minimum Gasteiger partial charge on any atom is -0.372 e. The molecule has 19 heavy (non-hydrogen) atoms. The van der Waals surface area contributed by atoms with E-state index in [9.17, 15) is 0 Å². The van der Waals surface area contributed by atoms with Crippen LogP contribution in [0.4, 0.5) is 0 Å². The molecule has 0 aliphatic carbocycles. The molecule has 0 radical (unpaired) electrons. The monoisotopic (exact) mass is 258 g/mol. The minimum absolute atomic E-state index is 0.0540. The number of hydrogen-bond acceptors (Lipinski definition) is 4. The summed E-state index contributed by atoms with van der Waals surface area (Å²) in [7, 11) is 1.88. The lowest BCUT2D eigenvalue weighted by atomic mass is 9.92. The van der Waals surface area contributed by atoms with Gasteiger partial charge in [-0.05, 0) is 17.5 Å². The Bertz CT molecular complexity index is 566. The molecule has 1 aromatic carbocycles. The van der Waals surface area contributed by atoms with Crippen LogP contribution in [-0.4, -0.2) is 27.4 Å². The van der Waals surface area contributed by atoms with Gasteiger partial charge in [0, 0.05) is 19.5 Å². The smallest absolute Gasteiger partial charge is 0.138 e. The van der Waals surface area contributed by atoms with E-state index in [1.165, 1.54) is 11.1 Å². The molecule has 0 saturated heterocycles. The summed E-state index contributed by atoms with van der Waals surface area (Å²) in [5.74, 6) is 0.888. The molecule has 0 fully saturated rings. The summed E-state index contributed by atoms with van der Waals surface area (Å²) in [6.07, 6.45) is 3.12. The minimum atomic E-state index is -0.107. The maximum Gasteiger partial charge on any atom is 0.138 e. The second-order valence-corrected chi connectivity index (χ2v) is 4.91. The van der Waals surface area contributed by atoms with Gasteiger partial charge in [0.15, 0.2) is 0 Å². The second kappa shape index (κ2) is 5.11. The third-order valence-electron chi connectivity index (χ3n) is 3.64. The van der Waals surface area contributed by atoms with Crippen LogP contribution in [0.2, 0.25) is 0 Å². The Balaban J connectivity index is 1.81. The van der Waals surface area contributed by atoms with E-state index in [-0.39, 0.29) is 12.1 Å². The molecule has 1 aromatic heterocycles. The number of aryl methyl sites for hydroxylation is 1. The van der Waals surface area contributed by atoms with Crippen molar-refractivity contribution in [1.82, 2.24) is 14.8 Å². The molecule has 0 amide bonds. The van der Waals surface area contributed by atoms with Gasteiger partial charge in [0.2, 0.25) is 0 Å². The third kappa shape index (κ3) is 2.39. The highest BCUT2D eigenvalue weighted by atomic mass is 16.5. The molecule has 0 saturated carbocycles. The largest absolute Gasteiger partial charge is 0.372 e. The van der Waals surface area contributed by atoms with Crippen molar-refractivity contribution in [1.29, 1.82) is 0 Å². The molecule has 0 spiro atoms. The zero-order valence-corrected chi connectivity index (χ0v) is 11.0. The van der Waals surface area contributed by atoms with E-state index in [2.05, 4.69) is 28.3 Å². The Morgan fingerprint density at radius 3 is 3.11 bits per heavy atom. The van der Waals surface area contributed by atoms with Crippen molar-refractivity contribution in [2.45, 2.75) is 25.0 Å². The van der Waals surface area contributed by atoms with Crippen molar-refractivity contribution >= 4 is 0 Å². The molecule has 1 aliphatic heterocycles. The quantitative estimate of drug-likeness (QED) is 0.892. The molecular formula is C14H18N4O. The van der Waals surface area contributed by atoms with Gasteiger partial charge in [-0.15, -0.1) is 0 Å². The van der Waals surface area contributed by atoms with E-state index in [1.807, 2.05) is 13.1 Å². The predicted molar refractivity (Wildman–Crippen MR) is 71.5 cm³/mol. The van der Waals surface area contributed by atoms with E-state index in [0.717, 1.165) is 18.9 Å². The van der Waals surface area contributed by atoms with Crippen LogP contribution >= 0.6 is 0 Å². The van der Waals surface area contributed by atoms with Gasteiger partial charge in [-0.25, -0.2) is 4.98 Å². The highest BCUT2D eigenvalue weighted by Crippen LogP contribution is 2.29.